The highest BCUT2D eigenvalue weighted by atomic mass is 19.4. The van der Waals surface area contributed by atoms with Crippen LogP contribution < -0.4 is 11.1 Å². The molecule has 2 aromatic carbocycles. The number of nitrogens with two attached hydrogens (primary N) is 1. The molecule has 0 spiro atoms. The maximum atomic E-state index is 15.2. The number of aliphatic hydroxyl groups is 1. The summed E-state index contributed by atoms with van der Waals surface area (Å²) in [4.78, 5) is 19.4. The molecule has 2 heterocycles. The molecule has 4 rings (SSSR count). The van der Waals surface area contributed by atoms with E-state index in [0.29, 0.717) is 18.2 Å². The molecule has 15 heteroatoms. The van der Waals surface area contributed by atoms with Gasteiger partial charge in [-0.2, -0.15) is 26.3 Å². The number of alkyl halides is 6. The van der Waals surface area contributed by atoms with Gasteiger partial charge in [0.25, 0.3) is 5.91 Å². The quantitative estimate of drug-likeness (QED) is 0.301. The molecule has 4 N–H and O–H groups in total. The fraction of sp³-hybridized carbons (Fsp3) is 0.174. The van der Waals surface area contributed by atoms with Crippen LogP contribution in [0.3, 0.4) is 0 Å². The van der Waals surface area contributed by atoms with Crippen molar-refractivity contribution >= 4 is 22.9 Å². The Balaban J connectivity index is 1.77. The van der Waals surface area contributed by atoms with Crippen molar-refractivity contribution < 1.29 is 49.1 Å². The summed E-state index contributed by atoms with van der Waals surface area (Å²) in [7, 11) is 0. The van der Waals surface area contributed by atoms with Crippen LogP contribution >= 0.6 is 0 Å². The molecule has 200 valence electrons. The molecule has 0 bridgehead atoms. The number of anilines is 2. The molecule has 1 amide bonds. The Kier molecular flexibility index (Phi) is 5.56. The summed E-state index contributed by atoms with van der Waals surface area (Å²) in [6.07, 6.45) is -12.0. The first-order valence-corrected chi connectivity index (χ1v) is 10.2. The third kappa shape index (κ3) is 4.71. The van der Waals surface area contributed by atoms with Crippen molar-refractivity contribution in [3.63, 3.8) is 0 Å². The summed E-state index contributed by atoms with van der Waals surface area (Å²) >= 11 is 0. The average Bonchev–Trinajstić information content (AvgIpc) is 3.27. The lowest BCUT2D eigenvalue weighted by Crippen LogP contribution is -2.22. The van der Waals surface area contributed by atoms with Gasteiger partial charge in [-0.15, -0.1) is 0 Å². The standard InChI is InChI=1S/C23H15F8N5O2/c1-9-34-17(18-20(32)33-8-14(36(9)18)23(29,30)31)12-5-6-13(16(25)15(12)24)35-21(38)19(37)10-3-2-4-11(7-10)22(26,27)28/h2-8,19,37H,1H3,(H2,32,33)(H,35,38)/t19-/m0/s1/i1D3. The summed E-state index contributed by atoms with van der Waals surface area (Å²) < 4.78 is 133. The van der Waals surface area contributed by atoms with Gasteiger partial charge < -0.3 is 16.2 Å². The number of nitrogen functional groups attached to an aromatic ring is 1. The van der Waals surface area contributed by atoms with E-state index in [1.165, 1.54) is 0 Å². The largest absolute Gasteiger partial charge is 0.433 e. The van der Waals surface area contributed by atoms with Crippen molar-refractivity contribution in [2.24, 2.45) is 0 Å². The minimum absolute atomic E-state index is 0.114. The third-order valence-electron chi connectivity index (χ3n) is 5.35. The zero-order valence-electron chi connectivity index (χ0n) is 21.4. The van der Waals surface area contributed by atoms with E-state index in [-0.39, 0.29) is 10.6 Å². The Morgan fingerprint density at radius 2 is 1.82 bits per heavy atom. The number of rotatable bonds is 4. The molecule has 38 heavy (non-hydrogen) atoms. The molecule has 0 saturated carbocycles. The van der Waals surface area contributed by atoms with Crippen LogP contribution in [0.2, 0.25) is 0 Å². The van der Waals surface area contributed by atoms with Crippen LogP contribution in [0, 0.1) is 18.5 Å². The van der Waals surface area contributed by atoms with Gasteiger partial charge >= 0.3 is 12.4 Å². The Morgan fingerprint density at radius 3 is 2.45 bits per heavy atom. The molecule has 0 aliphatic carbocycles. The SMILES string of the molecule is [2H]C([2H])([2H])c1nc(-c2ccc(NC(=O)[C@@H](O)c3cccc(C(F)(F)F)c3)c(F)c2F)c2c(N)ncc(C(F)(F)F)n12. The summed E-state index contributed by atoms with van der Waals surface area (Å²) in [6, 6.07) is 4.50. The van der Waals surface area contributed by atoms with Gasteiger partial charge in [-0.1, -0.05) is 12.1 Å². The van der Waals surface area contributed by atoms with E-state index >= 15 is 8.78 Å². The fourth-order valence-corrected chi connectivity index (χ4v) is 3.59. The number of hydrogen-bond donors (Lipinski definition) is 3. The normalized spacial score (nSPS) is 14.6. The first kappa shape index (κ1) is 22.9. The summed E-state index contributed by atoms with van der Waals surface area (Å²) in [6.45, 7) is -3.28. The first-order chi connectivity index (χ1) is 18.8. The van der Waals surface area contributed by atoms with Crippen LogP contribution in [0.15, 0.2) is 42.6 Å². The zero-order chi connectivity index (χ0) is 30.7. The fourth-order valence-electron chi connectivity index (χ4n) is 3.59. The van der Waals surface area contributed by atoms with E-state index in [1.807, 2.05) is 0 Å². The Morgan fingerprint density at radius 1 is 1.11 bits per heavy atom. The molecule has 0 unspecified atom stereocenters. The minimum atomic E-state index is -5.16. The molecule has 0 aliphatic rings. The second-order valence-corrected chi connectivity index (χ2v) is 7.80. The third-order valence-corrected chi connectivity index (χ3v) is 5.35. The monoisotopic (exact) mass is 548 g/mol. The van der Waals surface area contributed by atoms with Crippen molar-refractivity contribution in [3.05, 3.63) is 76.9 Å². The number of nitrogens with zero attached hydrogens (tertiary/aromatic N) is 3. The highest BCUT2D eigenvalue weighted by molar-refractivity contribution is 5.95. The molecule has 2 aromatic heterocycles. The molecule has 0 aliphatic heterocycles. The lowest BCUT2D eigenvalue weighted by atomic mass is 10.0. The first-order valence-electron chi connectivity index (χ1n) is 11.7. The zero-order valence-corrected chi connectivity index (χ0v) is 18.4. The number of hydrogen-bond acceptors (Lipinski definition) is 5. The van der Waals surface area contributed by atoms with Gasteiger partial charge in [0.15, 0.2) is 17.7 Å². The summed E-state index contributed by atoms with van der Waals surface area (Å²) in [5.74, 6) is -6.95. The second-order valence-electron chi connectivity index (χ2n) is 7.80. The van der Waals surface area contributed by atoms with Gasteiger partial charge in [0, 0.05) is 9.68 Å². The number of benzene rings is 2. The lowest BCUT2D eigenvalue weighted by molar-refractivity contribution is -0.142. The van der Waals surface area contributed by atoms with Gasteiger partial charge in [0.05, 0.1) is 17.4 Å². The predicted octanol–water partition coefficient (Wildman–Crippen LogP) is 5.27. The molecular weight excluding hydrogens is 530 g/mol. The van der Waals surface area contributed by atoms with E-state index in [0.717, 1.165) is 18.2 Å². The van der Waals surface area contributed by atoms with Crippen LogP contribution in [0.1, 0.15) is 32.9 Å². The van der Waals surface area contributed by atoms with Crippen LogP contribution in [-0.2, 0) is 17.1 Å². The maximum absolute atomic E-state index is 15.2. The number of imidazole rings is 1. The van der Waals surface area contributed by atoms with Crippen molar-refractivity contribution in [2.75, 3.05) is 11.1 Å². The van der Waals surface area contributed by atoms with E-state index in [2.05, 4.69) is 9.97 Å². The average molecular weight is 548 g/mol. The molecule has 0 radical (unpaired) electrons. The highest BCUT2D eigenvalue weighted by Crippen LogP contribution is 2.37. The van der Waals surface area contributed by atoms with Gasteiger partial charge in [-0.05, 0) is 36.7 Å². The van der Waals surface area contributed by atoms with E-state index in [9.17, 15) is 36.2 Å². The topological polar surface area (TPSA) is 106 Å². The number of amides is 1. The van der Waals surface area contributed by atoms with Gasteiger partial charge in [0.1, 0.15) is 28.5 Å². The smallest absolute Gasteiger partial charge is 0.382 e. The molecule has 7 nitrogen and oxygen atoms in total. The predicted molar refractivity (Wildman–Crippen MR) is 118 cm³/mol. The number of carbonyl (C=O) groups excluding carboxylic acids is 1. The van der Waals surface area contributed by atoms with Crippen molar-refractivity contribution in [2.45, 2.75) is 25.3 Å². The van der Waals surface area contributed by atoms with Crippen LogP contribution in [0.5, 0.6) is 0 Å². The maximum Gasteiger partial charge on any atom is 0.433 e. The number of nitrogens with one attached hydrogen (secondary N) is 1. The lowest BCUT2D eigenvalue weighted by Gasteiger charge is -2.15. The number of halogens is 8. The van der Waals surface area contributed by atoms with E-state index in [4.69, 9.17) is 9.85 Å². The molecule has 1 atom stereocenters. The van der Waals surface area contributed by atoms with Crippen LogP contribution in [0.4, 0.5) is 46.6 Å². The van der Waals surface area contributed by atoms with Crippen molar-refractivity contribution in [1.82, 2.24) is 14.4 Å². The molecular formula is C23H15F8N5O2. The highest BCUT2D eigenvalue weighted by Gasteiger charge is 2.36. The minimum Gasteiger partial charge on any atom is -0.382 e. The molecule has 0 fully saturated rings. The molecule has 0 saturated heterocycles. The van der Waals surface area contributed by atoms with Gasteiger partial charge in [-0.25, -0.2) is 18.7 Å². The van der Waals surface area contributed by atoms with Gasteiger partial charge in [-0.3, -0.25) is 9.20 Å². The number of carbonyl (C=O) groups is 1. The van der Waals surface area contributed by atoms with E-state index < -0.39 is 93.8 Å². The van der Waals surface area contributed by atoms with Crippen molar-refractivity contribution in [3.8, 4) is 11.3 Å². The number of aromatic nitrogens is 3. The number of fused-ring (bicyclic) bond motifs is 1. The van der Waals surface area contributed by atoms with E-state index in [1.54, 1.807) is 5.32 Å². The summed E-state index contributed by atoms with van der Waals surface area (Å²) in [5, 5.41) is 12.0. The van der Waals surface area contributed by atoms with Crippen molar-refractivity contribution in [1.29, 1.82) is 0 Å². The number of aryl methyl sites for hydroxylation is 1. The Bertz CT molecular complexity index is 1670. The number of aliphatic hydroxyl groups excluding tert-OH is 1. The Labute approximate surface area is 211 Å². The Hall–Kier alpha value is -4.27. The summed E-state index contributed by atoms with van der Waals surface area (Å²) in [5.41, 5.74) is -1.01. The van der Waals surface area contributed by atoms with Crippen LogP contribution in [-0.4, -0.2) is 25.4 Å². The van der Waals surface area contributed by atoms with Crippen LogP contribution in [0.25, 0.3) is 16.8 Å². The second kappa shape index (κ2) is 9.24. The molecule has 4 aromatic rings. The van der Waals surface area contributed by atoms with Gasteiger partial charge in [0.2, 0.25) is 0 Å².